The van der Waals surface area contributed by atoms with Gasteiger partial charge in [0.05, 0.1) is 5.69 Å². The Balaban J connectivity index is 0.000000671. The lowest BCUT2D eigenvalue weighted by Crippen LogP contribution is -2.06. The van der Waals surface area contributed by atoms with Gasteiger partial charge in [-0.15, -0.1) is 0 Å². The van der Waals surface area contributed by atoms with Crippen LogP contribution < -0.4 is 5.32 Å². The maximum absolute atomic E-state index is 10.7. The van der Waals surface area contributed by atoms with Crippen molar-refractivity contribution >= 4 is 34.2 Å². The zero-order valence-electron chi connectivity index (χ0n) is 8.10. The van der Waals surface area contributed by atoms with E-state index in [1.165, 1.54) is 6.92 Å². The summed E-state index contributed by atoms with van der Waals surface area (Å²) in [6.07, 6.45) is 0. The van der Waals surface area contributed by atoms with E-state index in [1.54, 1.807) is 0 Å². The summed E-state index contributed by atoms with van der Waals surface area (Å²) in [5.74, 6) is -0.0332. The van der Waals surface area contributed by atoms with Crippen molar-refractivity contribution in [3.8, 4) is 0 Å². The van der Waals surface area contributed by atoms with Crippen LogP contribution in [0.4, 0.5) is 5.69 Å². The third kappa shape index (κ3) is 4.87. The van der Waals surface area contributed by atoms with Crippen LogP contribution in [0.25, 0.3) is 0 Å². The van der Waals surface area contributed by atoms with Crippen LogP contribution in [0.15, 0.2) is 24.3 Å². The minimum Gasteiger partial charge on any atom is -0.325 e. The summed E-state index contributed by atoms with van der Waals surface area (Å²) < 4.78 is 1.06. The van der Waals surface area contributed by atoms with Gasteiger partial charge in [-0.1, -0.05) is 26.0 Å². The van der Waals surface area contributed by atoms with Crippen molar-refractivity contribution < 1.29 is 4.79 Å². The lowest BCUT2D eigenvalue weighted by Gasteiger charge is -2.02. The number of hydrogen-bond donors (Lipinski definition) is 1. The molecule has 0 aliphatic rings. The Morgan fingerprint density at radius 3 is 2.31 bits per heavy atom. The molecule has 1 amide bonds. The topological polar surface area (TPSA) is 29.1 Å². The number of anilines is 1. The SMILES string of the molecule is CC.CC(=O)Nc1ccccc1I. The predicted octanol–water partition coefficient (Wildman–Crippen LogP) is 3.28. The van der Waals surface area contributed by atoms with Crippen LogP contribution in [0.2, 0.25) is 0 Å². The lowest BCUT2D eigenvalue weighted by atomic mass is 10.3. The van der Waals surface area contributed by atoms with Gasteiger partial charge in [-0.05, 0) is 34.7 Å². The number of benzene rings is 1. The fraction of sp³-hybridized carbons (Fsp3) is 0.300. The van der Waals surface area contributed by atoms with Crippen molar-refractivity contribution in [1.82, 2.24) is 0 Å². The van der Waals surface area contributed by atoms with Crippen LogP contribution in [0.1, 0.15) is 20.8 Å². The first kappa shape index (κ1) is 12.4. The number of carbonyl (C=O) groups excluding carboxylic acids is 1. The van der Waals surface area contributed by atoms with E-state index in [4.69, 9.17) is 0 Å². The first-order valence-electron chi connectivity index (χ1n) is 4.22. The van der Waals surface area contributed by atoms with E-state index in [2.05, 4.69) is 27.9 Å². The minimum atomic E-state index is -0.0332. The fourth-order valence-corrected chi connectivity index (χ4v) is 1.27. The van der Waals surface area contributed by atoms with Crippen LogP contribution in [-0.4, -0.2) is 5.91 Å². The normalized spacial score (nSPS) is 8.31. The molecule has 1 aromatic carbocycles. The Kier molecular flexibility index (Phi) is 6.58. The second kappa shape index (κ2) is 6.88. The van der Waals surface area contributed by atoms with Crippen LogP contribution >= 0.6 is 22.6 Å². The van der Waals surface area contributed by atoms with Gasteiger partial charge in [-0.25, -0.2) is 0 Å². The van der Waals surface area contributed by atoms with Gasteiger partial charge in [-0.3, -0.25) is 4.79 Å². The monoisotopic (exact) mass is 291 g/mol. The second-order valence-corrected chi connectivity index (χ2v) is 3.32. The average molecular weight is 291 g/mol. The molecule has 3 heteroatoms. The molecule has 1 aromatic rings. The van der Waals surface area contributed by atoms with Crippen molar-refractivity contribution in [3.63, 3.8) is 0 Å². The average Bonchev–Trinajstić information content (AvgIpc) is 2.12. The number of halogens is 1. The molecule has 2 nitrogen and oxygen atoms in total. The first-order chi connectivity index (χ1) is 6.20. The largest absolute Gasteiger partial charge is 0.325 e. The van der Waals surface area contributed by atoms with Crippen molar-refractivity contribution in [3.05, 3.63) is 27.8 Å². The molecular weight excluding hydrogens is 277 g/mol. The molecule has 0 fully saturated rings. The summed E-state index contributed by atoms with van der Waals surface area (Å²) in [6.45, 7) is 5.50. The van der Waals surface area contributed by atoms with Gasteiger partial charge >= 0.3 is 0 Å². The van der Waals surface area contributed by atoms with Crippen LogP contribution in [0, 0.1) is 3.57 Å². The summed E-state index contributed by atoms with van der Waals surface area (Å²) in [4.78, 5) is 10.7. The molecule has 0 spiro atoms. The third-order valence-electron chi connectivity index (χ3n) is 1.18. The van der Waals surface area contributed by atoms with E-state index in [1.807, 2.05) is 38.1 Å². The molecule has 0 atom stereocenters. The molecule has 0 aromatic heterocycles. The molecule has 13 heavy (non-hydrogen) atoms. The van der Waals surface area contributed by atoms with Gasteiger partial charge in [0, 0.05) is 10.5 Å². The molecule has 0 saturated carbocycles. The minimum absolute atomic E-state index is 0.0332. The number of nitrogens with one attached hydrogen (secondary N) is 1. The molecule has 1 N–H and O–H groups in total. The Bertz CT molecular complexity index is 273. The summed E-state index contributed by atoms with van der Waals surface area (Å²) in [5.41, 5.74) is 0.876. The van der Waals surface area contributed by atoms with E-state index < -0.39 is 0 Å². The van der Waals surface area contributed by atoms with Crippen LogP contribution in [0.5, 0.6) is 0 Å². The number of carbonyl (C=O) groups is 1. The fourth-order valence-electron chi connectivity index (χ4n) is 0.752. The van der Waals surface area contributed by atoms with Gasteiger partial charge in [0.1, 0.15) is 0 Å². The molecule has 0 radical (unpaired) electrons. The molecule has 0 bridgehead atoms. The van der Waals surface area contributed by atoms with Crippen LogP contribution in [-0.2, 0) is 4.79 Å². The molecule has 0 aliphatic carbocycles. The zero-order chi connectivity index (χ0) is 10.3. The number of amides is 1. The Morgan fingerprint density at radius 2 is 1.85 bits per heavy atom. The van der Waals surface area contributed by atoms with E-state index in [0.717, 1.165) is 9.26 Å². The molecule has 0 unspecified atom stereocenters. The first-order valence-corrected chi connectivity index (χ1v) is 5.30. The van der Waals surface area contributed by atoms with Crippen molar-refractivity contribution in [2.75, 3.05) is 5.32 Å². The maximum Gasteiger partial charge on any atom is 0.221 e. The number of rotatable bonds is 1. The molecule has 0 heterocycles. The number of para-hydroxylation sites is 1. The van der Waals surface area contributed by atoms with Gasteiger partial charge < -0.3 is 5.32 Å². The van der Waals surface area contributed by atoms with E-state index in [0.29, 0.717) is 0 Å². The van der Waals surface area contributed by atoms with Crippen molar-refractivity contribution in [2.45, 2.75) is 20.8 Å². The Morgan fingerprint density at radius 1 is 1.31 bits per heavy atom. The highest BCUT2D eigenvalue weighted by Crippen LogP contribution is 2.16. The molecule has 0 saturated heterocycles. The van der Waals surface area contributed by atoms with Gasteiger partial charge in [0.2, 0.25) is 5.91 Å². The van der Waals surface area contributed by atoms with E-state index in [9.17, 15) is 4.79 Å². The number of hydrogen-bond acceptors (Lipinski definition) is 1. The van der Waals surface area contributed by atoms with Gasteiger partial charge in [0.15, 0.2) is 0 Å². The predicted molar refractivity (Wildman–Crippen MR) is 64.8 cm³/mol. The Labute approximate surface area is 92.9 Å². The zero-order valence-corrected chi connectivity index (χ0v) is 10.3. The quantitative estimate of drug-likeness (QED) is 0.790. The van der Waals surface area contributed by atoms with Crippen molar-refractivity contribution in [1.29, 1.82) is 0 Å². The summed E-state index contributed by atoms with van der Waals surface area (Å²) >= 11 is 2.18. The summed E-state index contributed by atoms with van der Waals surface area (Å²) in [6, 6.07) is 7.66. The lowest BCUT2D eigenvalue weighted by molar-refractivity contribution is -0.114. The molecule has 72 valence electrons. The summed E-state index contributed by atoms with van der Waals surface area (Å²) in [5, 5.41) is 2.73. The Hall–Kier alpha value is -0.580. The second-order valence-electron chi connectivity index (χ2n) is 2.16. The van der Waals surface area contributed by atoms with Gasteiger partial charge in [-0.2, -0.15) is 0 Å². The third-order valence-corrected chi connectivity index (χ3v) is 2.13. The highest BCUT2D eigenvalue weighted by Gasteiger charge is 1.97. The van der Waals surface area contributed by atoms with E-state index in [-0.39, 0.29) is 5.91 Å². The smallest absolute Gasteiger partial charge is 0.221 e. The molecule has 0 aliphatic heterocycles. The molecular formula is C10H14INO. The van der Waals surface area contributed by atoms with Crippen LogP contribution in [0.3, 0.4) is 0 Å². The summed E-state index contributed by atoms with van der Waals surface area (Å²) in [7, 11) is 0. The highest BCUT2D eigenvalue weighted by molar-refractivity contribution is 14.1. The highest BCUT2D eigenvalue weighted by atomic mass is 127. The van der Waals surface area contributed by atoms with E-state index >= 15 is 0 Å². The van der Waals surface area contributed by atoms with Gasteiger partial charge in [0.25, 0.3) is 0 Å². The van der Waals surface area contributed by atoms with Crippen molar-refractivity contribution in [2.24, 2.45) is 0 Å². The maximum atomic E-state index is 10.7. The standard InChI is InChI=1S/C8H8INO.C2H6/c1-6(11)10-8-5-3-2-4-7(8)9;1-2/h2-5H,1H3,(H,10,11);1-2H3. The molecule has 1 rings (SSSR count).